The molecule has 0 aliphatic rings. The van der Waals surface area contributed by atoms with Crippen molar-refractivity contribution >= 4 is 5.97 Å². The van der Waals surface area contributed by atoms with E-state index in [1.54, 1.807) is 37.5 Å². The van der Waals surface area contributed by atoms with E-state index in [0.29, 0.717) is 18.1 Å². The van der Waals surface area contributed by atoms with Gasteiger partial charge in [0.05, 0.1) is 13.7 Å². The molecule has 0 amide bonds. The fraction of sp³-hybridized carbons (Fsp3) is 0.214. The summed E-state index contributed by atoms with van der Waals surface area (Å²) in [5.41, 5.74) is 1.71. The van der Waals surface area contributed by atoms with Gasteiger partial charge >= 0.3 is 5.97 Å². The van der Waals surface area contributed by atoms with Crippen LogP contribution in [-0.2, 0) is 4.74 Å². The molecule has 19 heavy (non-hydrogen) atoms. The molecule has 0 fully saturated rings. The molecule has 0 aromatic carbocycles. The van der Waals surface area contributed by atoms with Crippen molar-refractivity contribution < 1.29 is 14.3 Å². The molecule has 0 unspecified atom stereocenters. The molecule has 0 saturated carbocycles. The molecule has 0 atom stereocenters. The summed E-state index contributed by atoms with van der Waals surface area (Å²) in [5, 5.41) is 0. The van der Waals surface area contributed by atoms with Gasteiger partial charge in [-0.2, -0.15) is 0 Å². The number of aromatic nitrogens is 2. The summed E-state index contributed by atoms with van der Waals surface area (Å²) in [5.74, 6) is -0.101. The van der Waals surface area contributed by atoms with Gasteiger partial charge in [-0.15, -0.1) is 0 Å². The number of hydrogen-bond donors (Lipinski definition) is 0. The van der Waals surface area contributed by atoms with Gasteiger partial charge in [0.15, 0.2) is 5.69 Å². The zero-order chi connectivity index (χ0) is 13.7. The monoisotopic (exact) mass is 258 g/mol. The topological polar surface area (TPSA) is 61.3 Å². The number of esters is 1. The van der Waals surface area contributed by atoms with E-state index in [9.17, 15) is 4.79 Å². The highest BCUT2D eigenvalue weighted by Gasteiger charge is 2.17. The first-order chi connectivity index (χ1) is 9.26. The first-order valence-corrected chi connectivity index (χ1v) is 5.88. The van der Waals surface area contributed by atoms with Gasteiger partial charge in [0.1, 0.15) is 0 Å². The fourth-order valence-corrected chi connectivity index (χ4v) is 1.67. The van der Waals surface area contributed by atoms with Gasteiger partial charge in [-0.25, -0.2) is 9.78 Å². The minimum atomic E-state index is -0.472. The average molecular weight is 258 g/mol. The average Bonchev–Trinajstić information content (AvgIpc) is 2.47. The lowest BCUT2D eigenvalue weighted by molar-refractivity contribution is 0.0519. The molecule has 2 heterocycles. The number of carbonyl (C=O) groups is 1. The third-order valence-electron chi connectivity index (χ3n) is 2.52. The Hall–Kier alpha value is -2.43. The predicted molar refractivity (Wildman–Crippen MR) is 70.0 cm³/mol. The molecule has 0 saturated heterocycles. The summed E-state index contributed by atoms with van der Waals surface area (Å²) in [6.07, 6.45) is 3.34. The van der Waals surface area contributed by atoms with Gasteiger partial charge in [-0.1, -0.05) is 6.07 Å². The Morgan fingerprint density at radius 1 is 1.32 bits per heavy atom. The molecule has 98 valence electrons. The SMILES string of the molecule is CCOC(=O)c1nc(OC)ccc1-c1cccnc1. The van der Waals surface area contributed by atoms with Crippen molar-refractivity contribution in [3.05, 3.63) is 42.4 Å². The molecular weight excluding hydrogens is 244 g/mol. The summed E-state index contributed by atoms with van der Waals surface area (Å²) in [7, 11) is 1.50. The van der Waals surface area contributed by atoms with Crippen molar-refractivity contribution in [1.29, 1.82) is 0 Å². The molecule has 5 nitrogen and oxygen atoms in total. The molecule has 5 heteroatoms. The Kier molecular flexibility index (Phi) is 4.07. The van der Waals surface area contributed by atoms with Crippen molar-refractivity contribution in [2.75, 3.05) is 13.7 Å². The lowest BCUT2D eigenvalue weighted by Crippen LogP contribution is -2.09. The lowest BCUT2D eigenvalue weighted by Gasteiger charge is -2.09. The van der Waals surface area contributed by atoms with Crippen LogP contribution in [0.5, 0.6) is 5.88 Å². The van der Waals surface area contributed by atoms with E-state index >= 15 is 0 Å². The quantitative estimate of drug-likeness (QED) is 0.788. The smallest absolute Gasteiger partial charge is 0.357 e. The maximum absolute atomic E-state index is 11.9. The van der Waals surface area contributed by atoms with Gasteiger partial charge in [0.25, 0.3) is 0 Å². The largest absolute Gasteiger partial charge is 0.481 e. The lowest BCUT2D eigenvalue weighted by atomic mass is 10.1. The Labute approximate surface area is 111 Å². The molecule has 0 bridgehead atoms. The van der Waals surface area contributed by atoms with Crippen LogP contribution in [0.4, 0.5) is 0 Å². The summed E-state index contributed by atoms with van der Waals surface area (Å²) in [6.45, 7) is 2.05. The number of hydrogen-bond acceptors (Lipinski definition) is 5. The van der Waals surface area contributed by atoms with Gasteiger partial charge in [0, 0.05) is 29.6 Å². The normalized spacial score (nSPS) is 10.0. The Balaban J connectivity index is 2.51. The van der Waals surface area contributed by atoms with Crippen LogP contribution in [0.15, 0.2) is 36.7 Å². The van der Waals surface area contributed by atoms with Crippen molar-refractivity contribution in [2.45, 2.75) is 6.92 Å². The van der Waals surface area contributed by atoms with Crippen molar-refractivity contribution in [3.8, 4) is 17.0 Å². The van der Waals surface area contributed by atoms with E-state index in [1.807, 2.05) is 6.07 Å². The Morgan fingerprint density at radius 2 is 2.16 bits per heavy atom. The highest BCUT2D eigenvalue weighted by atomic mass is 16.5. The molecule has 2 rings (SSSR count). The van der Waals surface area contributed by atoms with Gasteiger partial charge in [0.2, 0.25) is 5.88 Å². The van der Waals surface area contributed by atoms with Crippen molar-refractivity contribution in [3.63, 3.8) is 0 Å². The number of pyridine rings is 2. The first kappa shape index (κ1) is 13.0. The maximum atomic E-state index is 11.9. The standard InChI is InChI=1S/C14H14N2O3/c1-3-19-14(17)13-11(6-7-12(16-13)18-2)10-5-4-8-15-9-10/h4-9H,3H2,1-2H3. The van der Waals surface area contributed by atoms with Crippen LogP contribution in [0.3, 0.4) is 0 Å². The molecule has 0 aliphatic carbocycles. The summed E-state index contributed by atoms with van der Waals surface area (Å²) in [6, 6.07) is 7.13. The second-order valence-electron chi connectivity index (χ2n) is 3.71. The number of rotatable bonds is 4. The third kappa shape index (κ3) is 2.88. The number of ether oxygens (including phenoxy) is 2. The van der Waals surface area contributed by atoms with Crippen LogP contribution in [0, 0.1) is 0 Å². The van der Waals surface area contributed by atoms with Crippen LogP contribution in [0.1, 0.15) is 17.4 Å². The molecule has 0 aliphatic heterocycles. The first-order valence-electron chi connectivity index (χ1n) is 5.88. The number of carbonyl (C=O) groups excluding carboxylic acids is 1. The predicted octanol–water partition coefficient (Wildman–Crippen LogP) is 2.33. The van der Waals surface area contributed by atoms with E-state index < -0.39 is 5.97 Å². The van der Waals surface area contributed by atoms with E-state index in [1.165, 1.54) is 7.11 Å². The van der Waals surface area contributed by atoms with E-state index in [0.717, 1.165) is 5.56 Å². The van der Waals surface area contributed by atoms with E-state index in [2.05, 4.69) is 9.97 Å². The molecule has 2 aromatic heterocycles. The second kappa shape index (κ2) is 5.95. The van der Waals surface area contributed by atoms with Crippen molar-refractivity contribution in [2.24, 2.45) is 0 Å². The Bertz CT molecular complexity index is 570. The minimum Gasteiger partial charge on any atom is -0.481 e. The van der Waals surface area contributed by atoms with E-state index in [-0.39, 0.29) is 5.69 Å². The summed E-state index contributed by atoms with van der Waals surface area (Å²) in [4.78, 5) is 20.1. The zero-order valence-corrected chi connectivity index (χ0v) is 10.8. The third-order valence-corrected chi connectivity index (χ3v) is 2.52. The van der Waals surface area contributed by atoms with Crippen LogP contribution in [0.2, 0.25) is 0 Å². The van der Waals surface area contributed by atoms with Crippen LogP contribution in [-0.4, -0.2) is 29.7 Å². The molecule has 0 N–H and O–H groups in total. The number of methoxy groups -OCH3 is 1. The minimum absolute atomic E-state index is 0.231. The number of nitrogens with zero attached hydrogens (tertiary/aromatic N) is 2. The summed E-state index contributed by atoms with van der Waals surface area (Å²) >= 11 is 0. The van der Waals surface area contributed by atoms with Crippen LogP contribution in [0.25, 0.3) is 11.1 Å². The molecule has 0 spiro atoms. The van der Waals surface area contributed by atoms with Gasteiger partial charge in [-0.05, 0) is 19.1 Å². The van der Waals surface area contributed by atoms with Crippen LogP contribution < -0.4 is 4.74 Å². The molecule has 0 radical (unpaired) electrons. The van der Waals surface area contributed by atoms with E-state index in [4.69, 9.17) is 9.47 Å². The van der Waals surface area contributed by atoms with Crippen molar-refractivity contribution in [1.82, 2.24) is 9.97 Å². The maximum Gasteiger partial charge on any atom is 0.357 e. The van der Waals surface area contributed by atoms with Crippen LogP contribution >= 0.6 is 0 Å². The zero-order valence-electron chi connectivity index (χ0n) is 10.8. The molecular formula is C14H14N2O3. The fourth-order valence-electron chi connectivity index (χ4n) is 1.67. The van der Waals surface area contributed by atoms with Gasteiger partial charge < -0.3 is 9.47 Å². The highest BCUT2D eigenvalue weighted by Crippen LogP contribution is 2.24. The Morgan fingerprint density at radius 3 is 2.79 bits per heavy atom. The highest BCUT2D eigenvalue weighted by molar-refractivity contribution is 5.95. The molecule has 2 aromatic rings. The summed E-state index contributed by atoms with van der Waals surface area (Å²) < 4.78 is 10.1. The second-order valence-corrected chi connectivity index (χ2v) is 3.71. The van der Waals surface area contributed by atoms with Gasteiger partial charge in [-0.3, -0.25) is 4.98 Å².